The summed E-state index contributed by atoms with van der Waals surface area (Å²) in [4.78, 5) is 0. The molecule has 0 fully saturated rings. The molecule has 0 bridgehead atoms. The van der Waals surface area contributed by atoms with E-state index in [0.29, 0.717) is 5.56 Å². The van der Waals surface area contributed by atoms with E-state index in [1.807, 2.05) is 0 Å². The van der Waals surface area contributed by atoms with Crippen LogP contribution >= 0.6 is 0 Å². The molecular formula is C7H8FN2O+. The summed E-state index contributed by atoms with van der Waals surface area (Å²) in [5, 5.41) is 10.1. The zero-order valence-electron chi connectivity index (χ0n) is 5.71. The lowest BCUT2D eigenvalue weighted by atomic mass is 10.2. The summed E-state index contributed by atoms with van der Waals surface area (Å²) in [6, 6.07) is 5.46. The summed E-state index contributed by atoms with van der Waals surface area (Å²) in [6.07, 6.45) is 0. The van der Waals surface area contributed by atoms with Gasteiger partial charge in [-0.1, -0.05) is 5.16 Å². The van der Waals surface area contributed by atoms with Crippen molar-refractivity contribution in [3.8, 4) is 0 Å². The van der Waals surface area contributed by atoms with Gasteiger partial charge in [0.1, 0.15) is 5.82 Å². The van der Waals surface area contributed by atoms with E-state index in [9.17, 15) is 4.39 Å². The maximum atomic E-state index is 12.3. The highest BCUT2D eigenvalue weighted by molar-refractivity contribution is 5.92. The molecule has 58 valence electrons. The summed E-state index contributed by atoms with van der Waals surface area (Å²) < 4.78 is 12.3. The zero-order valence-corrected chi connectivity index (χ0v) is 5.71. The number of benzene rings is 1. The first-order valence-corrected chi connectivity index (χ1v) is 3.02. The number of rotatable bonds is 1. The van der Waals surface area contributed by atoms with Crippen molar-refractivity contribution in [2.24, 2.45) is 5.73 Å². The second kappa shape index (κ2) is 3.01. The van der Waals surface area contributed by atoms with Gasteiger partial charge in [0.05, 0.1) is 5.56 Å². The monoisotopic (exact) mass is 155 g/mol. The summed E-state index contributed by atoms with van der Waals surface area (Å²) in [6.45, 7) is 0. The predicted molar refractivity (Wildman–Crippen MR) is 37.4 cm³/mol. The first-order chi connectivity index (χ1) is 5.24. The topological polar surface area (TPSA) is 60.2 Å². The minimum absolute atomic E-state index is 0.102. The van der Waals surface area contributed by atoms with Gasteiger partial charge in [-0.05, 0) is 24.3 Å². The summed E-state index contributed by atoms with van der Waals surface area (Å²) in [5.41, 5.74) is 5.83. The van der Waals surface area contributed by atoms with Crippen molar-refractivity contribution in [2.45, 2.75) is 0 Å². The van der Waals surface area contributed by atoms with Crippen LogP contribution in [-0.2, 0) is 0 Å². The van der Waals surface area contributed by atoms with E-state index in [-0.39, 0.29) is 11.7 Å². The molecule has 0 aliphatic carbocycles. The Bertz CT molecular complexity index is 268. The van der Waals surface area contributed by atoms with Crippen molar-refractivity contribution in [1.82, 2.24) is 0 Å². The molecule has 0 aromatic heterocycles. The molecule has 0 atom stereocenters. The van der Waals surface area contributed by atoms with Gasteiger partial charge in [-0.25, -0.2) is 4.39 Å². The molecule has 4 heteroatoms. The van der Waals surface area contributed by atoms with E-state index >= 15 is 0 Å². The Labute approximate surface area is 62.9 Å². The van der Waals surface area contributed by atoms with Gasteiger partial charge in [-0.15, -0.1) is 0 Å². The van der Waals surface area contributed by atoms with Crippen molar-refractivity contribution in [3.63, 3.8) is 0 Å². The van der Waals surface area contributed by atoms with Crippen LogP contribution < -0.4 is 10.9 Å². The zero-order chi connectivity index (χ0) is 8.27. The van der Waals surface area contributed by atoms with Gasteiger partial charge in [0.25, 0.3) is 0 Å². The number of hydrogen-bond donors (Lipinski definition) is 3. The molecule has 1 aromatic carbocycles. The molecule has 0 heterocycles. The Hall–Kier alpha value is -1.58. The smallest absolute Gasteiger partial charge is 0.311 e. The van der Waals surface area contributed by atoms with Crippen LogP contribution in [-0.4, -0.2) is 11.0 Å². The van der Waals surface area contributed by atoms with Crippen LogP contribution in [0.4, 0.5) is 4.39 Å². The average Bonchev–Trinajstić information content (AvgIpc) is 2.05. The number of hydrogen-bond acceptors (Lipinski definition) is 1. The van der Waals surface area contributed by atoms with Crippen LogP contribution in [0.2, 0.25) is 0 Å². The molecule has 0 amide bonds. The number of halogens is 1. The van der Waals surface area contributed by atoms with Crippen LogP contribution in [0.15, 0.2) is 24.3 Å². The summed E-state index contributed by atoms with van der Waals surface area (Å²) in [7, 11) is 0. The highest BCUT2D eigenvalue weighted by Gasteiger charge is 2.02. The molecule has 4 N–H and O–H groups in total. The van der Waals surface area contributed by atoms with Gasteiger partial charge >= 0.3 is 5.84 Å². The Kier molecular flexibility index (Phi) is 2.06. The fraction of sp³-hybridized carbons (Fsp3) is 0. The first-order valence-electron chi connectivity index (χ1n) is 3.02. The molecule has 0 aliphatic rings. The Morgan fingerprint density at radius 1 is 1.36 bits per heavy atom. The molecule has 0 spiro atoms. The second-order valence-electron chi connectivity index (χ2n) is 2.03. The fourth-order valence-electron chi connectivity index (χ4n) is 0.694. The van der Waals surface area contributed by atoms with Gasteiger partial charge < -0.3 is 5.21 Å². The van der Waals surface area contributed by atoms with Crippen LogP contribution in [0.5, 0.6) is 0 Å². The minimum Gasteiger partial charge on any atom is -0.357 e. The lowest BCUT2D eigenvalue weighted by Crippen LogP contribution is -2.71. The third-order valence-corrected chi connectivity index (χ3v) is 1.28. The lowest BCUT2D eigenvalue weighted by Gasteiger charge is -1.91. The van der Waals surface area contributed by atoms with Crippen LogP contribution in [0.1, 0.15) is 5.56 Å². The molecule has 3 nitrogen and oxygen atoms in total. The van der Waals surface area contributed by atoms with E-state index in [1.54, 1.807) is 5.16 Å². The molecule has 0 unspecified atom stereocenters. The van der Waals surface area contributed by atoms with Crippen LogP contribution in [0.3, 0.4) is 0 Å². The highest BCUT2D eigenvalue weighted by atomic mass is 19.1. The van der Waals surface area contributed by atoms with Crippen molar-refractivity contribution >= 4 is 5.84 Å². The predicted octanol–water partition coefficient (Wildman–Crippen LogP) is -0.999. The number of nitrogen functional groups attached to an aromatic ring is 1. The summed E-state index contributed by atoms with van der Waals surface area (Å²) >= 11 is 0. The van der Waals surface area contributed by atoms with Crippen molar-refractivity contribution < 1.29 is 14.8 Å². The third kappa shape index (κ3) is 1.67. The molecule has 0 aliphatic heterocycles. The standard InChI is InChI=1S/C7H7FN2O/c8-6-3-1-5(2-4-6)7(9)10-11/h1-4,11H,(H2,9,10)/p+1. The van der Waals surface area contributed by atoms with E-state index < -0.39 is 0 Å². The molecule has 0 saturated carbocycles. The van der Waals surface area contributed by atoms with Gasteiger partial charge in [0.15, 0.2) is 0 Å². The van der Waals surface area contributed by atoms with Crippen molar-refractivity contribution in [2.75, 3.05) is 0 Å². The van der Waals surface area contributed by atoms with Gasteiger partial charge in [0.2, 0.25) is 0 Å². The molecule has 1 aromatic rings. The quantitative estimate of drug-likeness (QED) is 0.211. The number of nitrogens with two attached hydrogens (primary N) is 1. The van der Waals surface area contributed by atoms with Crippen LogP contribution in [0, 0.1) is 5.82 Å². The molecule has 11 heavy (non-hydrogen) atoms. The highest BCUT2D eigenvalue weighted by Crippen LogP contribution is 1.99. The lowest BCUT2D eigenvalue weighted by molar-refractivity contribution is -0.737. The van der Waals surface area contributed by atoms with Crippen molar-refractivity contribution in [1.29, 1.82) is 0 Å². The fourth-order valence-corrected chi connectivity index (χ4v) is 0.694. The molecule has 1 rings (SSSR count). The van der Waals surface area contributed by atoms with Crippen molar-refractivity contribution in [3.05, 3.63) is 35.6 Å². The Morgan fingerprint density at radius 2 is 1.91 bits per heavy atom. The molecular weight excluding hydrogens is 147 g/mol. The minimum atomic E-state index is -0.334. The van der Waals surface area contributed by atoms with E-state index in [4.69, 9.17) is 10.9 Å². The molecule has 0 saturated heterocycles. The number of nitrogens with one attached hydrogen (secondary N) is 1. The maximum Gasteiger partial charge on any atom is 0.311 e. The molecule has 0 radical (unpaired) electrons. The van der Waals surface area contributed by atoms with Crippen LogP contribution in [0.25, 0.3) is 0 Å². The third-order valence-electron chi connectivity index (χ3n) is 1.28. The SMILES string of the molecule is NC(=[NH+]O)c1ccc(F)cc1. The largest absolute Gasteiger partial charge is 0.357 e. The summed E-state index contributed by atoms with van der Waals surface area (Å²) in [5.74, 6) is -0.232. The maximum absolute atomic E-state index is 12.3. The average molecular weight is 155 g/mol. The van der Waals surface area contributed by atoms with E-state index in [1.165, 1.54) is 24.3 Å². The second-order valence-corrected chi connectivity index (χ2v) is 2.03. The Balaban J connectivity index is 2.99. The Morgan fingerprint density at radius 3 is 2.36 bits per heavy atom. The first kappa shape index (κ1) is 7.53. The van der Waals surface area contributed by atoms with Gasteiger partial charge in [0, 0.05) is 0 Å². The number of amidine groups is 1. The van der Waals surface area contributed by atoms with Gasteiger partial charge in [-0.3, -0.25) is 5.73 Å². The van der Waals surface area contributed by atoms with E-state index in [0.717, 1.165) is 0 Å². The van der Waals surface area contributed by atoms with E-state index in [2.05, 4.69) is 0 Å². The normalized spacial score (nSPS) is 11.5. The van der Waals surface area contributed by atoms with Gasteiger partial charge in [-0.2, -0.15) is 0 Å².